The Kier molecular flexibility index (Phi) is 9.87. The van der Waals surface area contributed by atoms with E-state index in [9.17, 15) is 13.8 Å². The van der Waals surface area contributed by atoms with Crippen LogP contribution in [-0.4, -0.2) is 41.6 Å². The molecule has 0 spiro atoms. The average Bonchev–Trinajstić information content (AvgIpc) is 2.87. The number of amides is 1. The van der Waals surface area contributed by atoms with Gasteiger partial charge in [-0.2, -0.15) is 0 Å². The van der Waals surface area contributed by atoms with Gasteiger partial charge in [-0.3, -0.25) is 9.59 Å². The van der Waals surface area contributed by atoms with E-state index >= 15 is 0 Å². The number of hydrogen-bond acceptors (Lipinski definition) is 7. The van der Waals surface area contributed by atoms with Gasteiger partial charge in [-0.25, -0.2) is 14.4 Å². The van der Waals surface area contributed by atoms with Crippen molar-refractivity contribution in [2.75, 3.05) is 37.3 Å². The number of carbonyl (C=O) groups excluding carboxylic acids is 2. The molecule has 0 radical (unpaired) electrons. The number of rotatable bonds is 10. The van der Waals surface area contributed by atoms with Crippen LogP contribution in [0.15, 0.2) is 65.6 Å². The Morgan fingerprint density at radius 2 is 1.76 bits per heavy atom. The van der Waals surface area contributed by atoms with E-state index in [-0.39, 0.29) is 30.8 Å². The number of hydrogen-bond donors (Lipinski definition) is 3. The standard InChI is InChI=1S/C27H32ClN5O4S/c1-17(34)31-21-6-5-7-22(14-21)38(36)32(2)16-20-12-18(8-10-24(20)28)23(15-27(35)37-4)19-9-11-26(33(3)30)25(29)13-19/h5-14,23H,15-16,29-30H2,1-4H3,(H,31,34). The third-order valence-electron chi connectivity index (χ3n) is 5.94. The molecular weight excluding hydrogens is 526 g/mol. The van der Waals surface area contributed by atoms with Gasteiger partial charge in [0.15, 0.2) is 0 Å². The van der Waals surface area contributed by atoms with Crippen LogP contribution in [0, 0.1) is 0 Å². The highest BCUT2D eigenvalue weighted by molar-refractivity contribution is 7.82. The number of ether oxygens (including phenoxy) is 1. The zero-order valence-electron chi connectivity index (χ0n) is 21.7. The first-order valence-corrected chi connectivity index (χ1v) is 13.2. The van der Waals surface area contributed by atoms with Crippen LogP contribution in [0.25, 0.3) is 0 Å². The van der Waals surface area contributed by atoms with Crippen LogP contribution in [0.2, 0.25) is 5.02 Å². The van der Waals surface area contributed by atoms with Gasteiger partial charge in [-0.15, -0.1) is 0 Å². The molecule has 9 nitrogen and oxygen atoms in total. The van der Waals surface area contributed by atoms with Crippen molar-refractivity contribution in [1.82, 2.24) is 4.31 Å². The zero-order valence-corrected chi connectivity index (χ0v) is 23.3. The molecule has 1 amide bonds. The zero-order chi connectivity index (χ0) is 28.0. The fourth-order valence-electron chi connectivity index (χ4n) is 4.09. The molecule has 3 aromatic rings. The number of nitrogen functional groups attached to an aromatic ring is 1. The van der Waals surface area contributed by atoms with Gasteiger partial charge in [0.2, 0.25) is 5.91 Å². The topological polar surface area (TPSA) is 131 Å². The van der Waals surface area contributed by atoms with Gasteiger partial charge in [0, 0.05) is 44.2 Å². The molecule has 2 atom stereocenters. The fourth-order valence-corrected chi connectivity index (χ4v) is 5.30. The molecule has 0 aliphatic carbocycles. The largest absolute Gasteiger partial charge is 0.469 e. The Balaban J connectivity index is 1.91. The highest BCUT2D eigenvalue weighted by Crippen LogP contribution is 2.34. The maximum atomic E-state index is 13.2. The first-order chi connectivity index (χ1) is 18.0. The Bertz CT molecular complexity index is 1350. The molecular formula is C27H32ClN5O4S. The van der Waals surface area contributed by atoms with Crippen molar-refractivity contribution >= 4 is 51.5 Å². The van der Waals surface area contributed by atoms with Crippen molar-refractivity contribution in [1.29, 1.82) is 0 Å². The van der Waals surface area contributed by atoms with E-state index in [0.717, 1.165) is 16.7 Å². The minimum absolute atomic E-state index is 0.0898. The van der Waals surface area contributed by atoms with Crippen molar-refractivity contribution in [3.8, 4) is 0 Å². The van der Waals surface area contributed by atoms with Gasteiger partial charge in [-0.1, -0.05) is 35.9 Å². The summed E-state index contributed by atoms with van der Waals surface area (Å²) in [6.07, 6.45) is 0.0898. The van der Waals surface area contributed by atoms with E-state index in [0.29, 0.717) is 27.0 Å². The number of nitrogens with two attached hydrogens (primary N) is 2. The molecule has 3 aromatic carbocycles. The Labute approximate surface area is 230 Å². The minimum atomic E-state index is -1.52. The number of anilines is 3. The molecule has 0 saturated carbocycles. The fraction of sp³-hybridized carbons (Fsp3) is 0.259. The predicted molar refractivity (Wildman–Crippen MR) is 152 cm³/mol. The summed E-state index contributed by atoms with van der Waals surface area (Å²) in [5.41, 5.74) is 10.3. The third-order valence-corrected chi connectivity index (χ3v) is 7.66. The normalized spacial score (nSPS) is 12.6. The quantitative estimate of drug-likeness (QED) is 0.148. The van der Waals surface area contributed by atoms with E-state index in [1.165, 1.54) is 19.0 Å². The van der Waals surface area contributed by atoms with Crippen molar-refractivity contribution in [3.05, 3.63) is 82.4 Å². The monoisotopic (exact) mass is 557 g/mol. The smallest absolute Gasteiger partial charge is 0.306 e. The average molecular weight is 558 g/mol. The molecule has 0 aliphatic rings. The second-order valence-electron chi connectivity index (χ2n) is 8.86. The lowest BCUT2D eigenvalue weighted by Gasteiger charge is -2.22. The SMILES string of the molecule is COC(=O)CC(c1ccc(N(C)N)c(N)c1)c1ccc(Cl)c(CN(C)S(=O)c2cccc(NC(C)=O)c2)c1. The van der Waals surface area contributed by atoms with Crippen molar-refractivity contribution in [3.63, 3.8) is 0 Å². The van der Waals surface area contributed by atoms with E-state index < -0.39 is 11.0 Å². The predicted octanol–water partition coefficient (Wildman–Crippen LogP) is 4.04. The second-order valence-corrected chi connectivity index (χ2v) is 10.9. The number of benzene rings is 3. The molecule has 3 rings (SSSR count). The number of esters is 1. The summed E-state index contributed by atoms with van der Waals surface area (Å²) in [5.74, 6) is 4.91. The third kappa shape index (κ3) is 7.32. The molecule has 38 heavy (non-hydrogen) atoms. The maximum absolute atomic E-state index is 13.2. The molecule has 0 saturated heterocycles. The minimum Gasteiger partial charge on any atom is -0.469 e. The summed E-state index contributed by atoms with van der Waals surface area (Å²) < 4.78 is 19.8. The summed E-state index contributed by atoms with van der Waals surface area (Å²) in [6.45, 7) is 1.69. The Morgan fingerprint density at radius 1 is 1.08 bits per heavy atom. The van der Waals surface area contributed by atoms with Crippen LogP contribution in [0.4, 0.5) is 17.1 Å². The van der Waals surface area contributed by atoms with Crippen LogP contribution in [-0.2, 0) is 31.9 Å². The van der Waals surface area contributed by atoms with Crippen LogP contribution >= 0.6 is 11.6 Å². The summed E-state index contributed by atoms with van der Waals surface area (Å²) in [5, 5.41) is 4.63. The first-order valence-electron chi connectivity index (χ1n) is 11.7. The lowest BCUT2D eigenvalue weighted by Crippen LogP contribution is -2.26. The molecule has 5 N–H and O–H groups in total. The van der Waals surface area contributed by atoms with Gasteiger partial charge in [0.05, 0.1) is 29.8 Å². The highest BCUT2D eigenvalue weighted by atomic mass is 35.5. The molecule has 11 heteroatoms. The Morgan fingerprint density at radius 3 is 2.39 bits per heavy atom. The van der Waals surface area contributed by atoms with Gasteiger partial charge in [0.1, 0.15) is 11.0 Å². The summed E-state index contributed by atoms with van der Waals surface area (Å²) in [6, 6.07) is 17.9. The number of nitrogens with one attached hydrogen (secondary N) is 1. The Hall–Kier alpha value is -3.44. The van der Waals surface area contributed by atoms with Crippen molar-refractivity contribution in [2.45, 2.75) is 30.7 Å². The molecule has 0 fully saturated rings. The first kappa shape index (κ1) is 29.1. The van der Waals surface area contributed by atoms with E-state index in [2.05, 4.69) is 5.32 Å². The van der Waals surface area contributed by atoms with Crippen LogP contribution in [0.3, 0.4) is 0 Å². The summed E-state index contributed by atoms with van der Waals surface area (Å²) in [4.78, 5) is 24.2. The number of nitrogens with zero attached hydrogens (tertiary/aromatic N) is 2. The summed E-state index contributed by atoms with van der Waals surface area (Å²) in [7, 11) is 3.24. The van der Waals surface area contributed by atoms with E-state index in [4.69, 9.17) is 27.9 Å². The molecule has 0 heterocycles. The van der Waals surface area contributed by atoms with Gasteiger partial charge >= 0.3 is 5.97 Å². The van der Waals surface area contributed by atoms with Gasteiger partial charge < -0.3 is 20.8 Å². The van der Waals surface area contributed by atoms with Crippen molar-refractivity contribution < 1.29 is 18.5 Å². The lowest BCUT2D eigenvalue weighted by atomic mass is 9.87. The van der Waals surface area contributed by atoms with E-state index in [1.54, 1.807) is 60.9 Å². The molecule has 202 valence electrons. The molecule has 0 bridgehead atoms. The van der Waals surface area contributed by atoms with E-state index in [1.807, 2.05) is 18.2 Å². The highest BCUT2D eigenvalue weighted by Gasteiger charge is 2.22. The molecule has 0 aromatic heterocycles. The van der Waals surface area contributed by atoms with Crippen molar-refractivity contribution in [2.24, 2.45) is 5.84 Å². The number of hydrazine groups is 1. The second kappa shape index (κ2) is 12.9. The van der Waals surface area contributed by atoms with Gasteiger partial charge in [0.25, 0.3) is 0 Å². The summed E-state index contributed by atoms with van der Waals surface area (Å²) >= 11 is 6.53. The number of halogens is 1. The van der Waals surface area contributed by atoms with Gasteiger partial charge in [-0.05, 0) is 53.1 Å². The van der Waals surface area contributed by atoms with Crippen LogP contribution in [0.1, 0.15) is 36.0 Å². The maximum Gasteiger partial charge on any atom is 0.306 e. The van der Waals surface area contributed by atoms with Crippen LogP contribution in [0.5, 0.6) is 0 Å². The lowest BCUT2D eigenvalue weighted by molar-refractivity contribution is -0.140. The molecule has 0 aliphatic heterocycles. The molecule has 2 unspecified atom stereocenters. The number of carbonyl (C=O) groups is 2. The van der Waals surface area contributed by atoms with Crippen LogP contribution < -0.4 is 21.9 Å². The number of methoxy groups -OCH3 is 1.